The minimum Gasteiger partial charge on any atom is -0.393 e. The predicted molar refractivity (Wildman–Crippen MR) is 63.3 cm³/mol. The number of hydrogen-bond acceptors (Lipinski definition) is 4. The largest absolute Gasteiger partial charge is 0.393 e. The Labute approximate surface area is 101 Å². The number of carbonyl (C=O) groups excluding carboxylic acids is 1. The van der Waals surface area contributed by atoms with Crippen molar-refractivity contribution in [3.05, 3.63) is 30.1 Å². The lowest BCUT2D eigenvalue weighted by Gasteiger charge is -2.20. The topological polar surface area (TPSA) is 82.5 Å². The number of nitrogens with zero attached hydrogens (tertiary/aromatic N) is 1. The molecule has 0 aliphatic rings. The number of hydrogen-bond donors (Lipinski definition) is 3. The van der Waals surface area contributed by atoms with Gasteiger partial charge in [-0.15, -0.1) is 0 Å². The van der Waals surface area contributed by atoms with Gasteiger partial charge in [-0.2, -0.15) is 0 Å². The standard InChI is InChI=1S/C12H18N2O3/c1-12(17,9-15)8-14-11(16)6-5-10-4-2-3-7-13-10/h2-4,7,15,17H,5-6,8-9H2,1H3,(H,14,16). The van der Waals surface area contributed by atoms with Gasteiger partial charge in [0.1, 0.15) is 5.60 Å². The van der Waals surface area contributed by atoms with Gasteiger partial charge in [-0.25, -0.2) is 0 Å². The van der Waals surface area contributed by atoms with E-state index in [1.807, 2.05) is 18.2 Å². The van der Waals surface area contributed by atoms with Crippen molar-refractivity contribution in [1.82, 2.24) is 10.3 Å². The van der Waals surface area contributed by atoms with Crippen LogP contribution in [0.2, 0.25) is 0 Å². The first-order chi connectivity index (χ1) is 8.03. The number of amides is 1. The Balaban J connectivity index is 2.27. The molecule has 0 aliphatic carbocycles. The van der Waals surface area contributed by atoms with Gasteiger partial charge in [-0.3, -0.25) is 9.78 Å². The molecule has 94 valence electrons. The minimum atomic E-state index is -1.26. The second-order valence-electron chi connectivity index (χ2n) is 4.25. The van der Waals surface area contributed by atoms with Crippen molar-refractivity contribution < 1.29 is 15.0 Å². The highest BCUT2D eigenvalue weighted by atomic mass is 16.3. The molecular weight excluding hydrogens is 220 g/mol. The first kappa shape index (κ1) is 13.6. The van der Waals surface area contributed by atoms with E-state index in [0.717, 1.165) is 5.69 Å². The Morgan fingerprint density at radius 3 is 2.88 bits per heavy atom. The third kappa shape index (κ3) is 5.42. The Hall–Kier alpha value is -1.46. The fourth-order valence-corrected chi connectivity index (χ4v) is 1.22. The van der Waals surface area contributed by atoms with Crippen LogP contribution in [0.25, 0.3) is 0 Å². The zero-order valence-electron chi connectivity index (χ0n) is 9.89. The second-order valence-corrected chi connectivity index (χ2v) is 4.25. The smallest absolute Gasteiger partial charge is 0.220 e. The maximum Gasteiger partial charge on any atom is 0.220 e. The van der Waals surface area contributed by atoms with E-state index in [1.54, 1.807) is 6.20 Å². The summed E-state index contributed by atoms with van der Waals surface area (Å²) in [6.45, 7) is 1.13. The van der Waals surface area contributed by atoms with Crippen LogP contribution in [0.15, 0.2) is 24.4 Å². The molecule has 5 heteroatoms. The van der Waals surface area contributed by atoms with E-state index in [2.05, 4.69) is 10.3 Å². The summed E-state index contributed by atoms with van der Waals surface area (Å²) >= 11 is 0. The van der Waals surface area contributed by atoms with Crippen molar-refractivity contribution in [1.29, 1.82) is 0 Å². The number of rotatable bonds is 6. The Morgan fingerprint density at radius 1 is 1.53 bits per heavy atom. The fraction of sp³-hybridized carbons (Fsp3) is 0.500. The van der Waals surface area contributed by atoms with Crippen LogP contribution in [-0.4, -0.2) is 39.9 Å². The number of aromatic nitrogens is 1. The number of nitrogens with one attached hydrogen (secondary N) is 1. The summed E-state index contributed by atoms with van der Waals surface area (Å²) in [6.07, 6.45) is 2.57. The summed E-state index contributed by atoms with van der Waals surface area (Å²) in [4.78, 5) is 15.6. The van der Waals surface area contributed by atoms with Gasteiger partial charge in [-0.1, -0.05) is 6.07 Å². The van der Waals surface area contributed by atoms with E-state index in [1.165, 1.54) is 6.92 Å². The van der Waals surface area contributed by atoms with Crippen LogP contribution >= 0.6 is 0 Å². The summed E-state index contributed by atoms with van der Waals surface area (Å²) < 4.78 is 0. The molecule has 0 radical (unpaired) electrons. The molecule has 5 nitrogen and oxygen atoms in total. The van der Waals surface area contributed by atoms with Gasteiger partial charge in [0.2, 0.25) is 5.91 Å². The molecule has 1 aromatic heterocycles. The highest BCUT2D eigenvalue weighted by Crippen LogP contribution is 2.01. The lowest BCUT2D eigenvalue weighted by molar-refractivity contribution is -0.122. The normalized spacial score (nSPS) is 14.1. The lowest BCUT2D eigenvalue weighted by atomic mass is 10.1. The minimum absolute atomic E-state index is 0.0462. The van der Waals surface area contributed by atoms with Gasteiger partial charge in [-0.05, 0) is 25.5 Å². The second kappa shape index (κ2) is 6.32. The first-order valence-corrected chi connectivity index (χ1v) is 5.53. The van der Waals surface area contributed by atoms with Crippen LogP contribution in [0.4, 0.5) is 0 Å². The summed E-state index contributed by atoms with van der Waals surface area (Å²) in [7, 11) is 0. The van der Waals surface area contributed by atoms with E-state index < -0.39 is 5.60 Å². The van der Waals surface area contributed by atoms with E-state index in [9.17, 15) is 9.90 Å². The number of aliphatic hydroxyl groups is 2. The van der Waals surface area contributed by atoms with E-state index in [0.29, 0.717) is 12.8 Å². The van der Waals surface area contributed by atoms with Crippen molar-refractivity contribution in [3.63, 3.8) is 0 Å². The molecule has 1 heterocycles. The quantitative estimate of drug-likeness (QED) is 0.645. The van der Waals surface area contributed by atoms with Crippen LogP contribution < -0.4 is 5.32 Å². The number of pyridine rings is 1. The third-order valence-corrected chi connectivity index (χ3v) is 2.34. The van der Waals surface area contributed by atoms with Crippen molar-refractivity contribution in [3.8, 4) is 0 Å². The average Bonchev–Trinajstić information content (AvgIpc) is 2.35. The van der Waals surface area contributed by atoms with Crippen molar-refractivity contribution in [2.24, 2.45) is 0 Å². The van der Waals surface area contributed by atoms with Crippen LogP contribution in [0.3, 0.4) is 0 Å². The molecule has 1 unspecified atom stereocenters. The van der Waals surface area contributed by atoms with Crippen molar-refractivity contribution in [2.75, 3.05) is 13.2 Å². The molecule has 3 N–H and O–H groups in total. The molecule has 0 aromatic carbocycles. The Bertz CT molecular complexity index is 352. The van der Waals surface area contributed by atoms with E-state index >= 15 is 0 Å². The van der Waals surface area contributed by atoms with Gasteiger partial charge in [0.25, 0.3) is 0 Å². The zero-order chi connectivity index (χ0) is 12.7. The van der Waals surface area contributed by atoms with Gasteiger partial charge >= 0.3 is 0 Å². The predicted octanol–water partition coefficient (Wildman–Crippen LogP) is -0.126. The van der Waals surface area contributed by atoms with Crippen LogP contribution in [0, 0.1) is 0 Å². The average molecular weight is 238 g/mol. The molecule has 0 aliphatic heterocycles. The molecule has 0 bridgehead atoms. The summed E-state index contributed by atoms with van der Waals surface area (Å²) in [5, 5.41) is 20.9. The van der Waals surface area contributed by atoms with Crippen LogP contribution in [0.5, 0.6) is 0 Å². The third-order valence-electron chi connectivity index (χ3n) is 2.34. The first-order valence-electron chi connectivity index (χ1n) is 5.53. The molecule has 0 fully saturated rings. The molecule has 0 spiro atoms. The molecule has 0 saturated carbocycles. The summed E-state index contributed by atoms with van der Waals surface area (Å²) in [5.41, 5.74) is -0.405. The monoisotopic (exact) mass is 238 g/mol. The van der Waals surface area contributed by atoms with E-state index in [-0.39, 0.29) is 19.1 Å². The van der Waals surface area contributed by atoms with Gasteiger partial charge < -0.3 is 15.5 Å². The van der Waals surface area contributed by atoms with Crippen LogP contribution in [0.1, 0.15) is 19.0 Å². The van der Waals surface area contributed by atoms with Gasteiger partial charge in [0.05, 0.1) is 6.61 Å². The lowest BCUT2D eigenvalue weighted by Crippen LogP contribution is -2.43. The number of carbonyl (C=O) groups is 1. The molecule has 1 amide bonds. The van der Waals surface area contributed by atoms with Crippen molar-refractivity contribution in [2.45, 2.75) is 25.4 Å². The zero-order valence-corrected chi connectivity index (χ0v) is 9.89. The Morgan fingerprint density at radius 2 is 2.29 bits per heavy atom. The van der Waals surface area contributed by atoms with Crippen molar-refractivity contribution >= 4 is 5.91 Å². The molecule has 1 rings (SSSR count). The maximum atomic E-state index is 11.4. The number of aliphatic hydroxyl groups excluding tert-OH is 1. The van der Waals surface area contributed by atoms with Gasteiger partial charge in [0, 0.05) is 24.9 Å². The summed E-state index contributed by atoms with van der Waals surface area (Å²) in [5.74, 6) is -0.163. The molecule has 0 saturated heterocycles. The number of aryl methyl sites for hydroxylation is 1. The molecule has 1 aromatic rings. The summed E-state index contributed by atoms with van der Waals surface area (Å²) in [6, 6.07) is 5.55. The molecule has 1 atom stereocenters. The SMILES string of the molecule is CC(O)(CO)CNC(=O)CCc1ccccn1. The Kier molecular flexibility index (Phi) is 5.06. The molecule has 17 heavy (non-hydrogen) atoms. The highest BCUT2D eigenvalue weighted by molar-refractivity contribution is 5.76. The van der Waals surface area contributed by atoms with Gasteiger partial charge in [0.15, 0.2) is 0 Å². The highest BCUT2D eigenvalue weighted by Gasteiger charge is 2.19. The van der Waals surface area contributed by atoms with Crippen LogP contribution in [-0.2, 0) is 11.2 Å². The molecular formula is C12H18N2O3. The van der Waals surface area contributed by atoms with E-state index in [4.69, 9.17) is 5.11 Å². The fourth-order valence-electron chi connectivity index (χ4n) is 1.22. The maximum absolute atomic E-state index is 11.4.